The Morgan fingerprint density at radius 3 is 2.22 bits per heavy atom. The Kier molecular flexibility index (Phi) is 3.64. The highest BCUT2D eigenvalue weighted by molar-refractivity contribution is 6.01. The molecule has 0 heterocycles. The normalized spacial score (nSPS) is 11.2. The number of hydrogen-bond donors (Lipinski definition) is 1. The third kappa shape index (κ3) is 2.79. The summed E-state index contributed by atoms with van der Waals surface area (Å²) in [5.41, 5.74) is -1.72. The van der Waals surface area contributed by atoms with Crippen LogP contribution in [0.2, 0.25) is 0 Å². The van der Waals surface area contributed by atoms with Crippen LogP contribution in [0.3, 0.4) is 0 Å². The number of hydrogen-bond acceptors (Lipinski definition) is 2. The predicted octanol–water partition coefficient (Wildman–Crippen LogP) is 2.39. The average Bonchev–Trinajstić information content (AvgIpc) is 2.25. The molecule has 1 N–H and O–H groups in total. The van der Waals surface area contributed by atoms with Crippen molar-refractivity contribution in [3.8, 4) is 0 Å². The maximum atomic E-state index is 12.4. The molecule has 98 valence electrons. The molecule has 0 aromatic heterocycles. The topological polar surface area (TPSA) is 57.6 Å². The fourth-order valence-electron chi connectivity index (χ4n) is 1.35. The predicted molar refractivity (Wildman–Crippen MR) is 57.5 cm³/mol. The van der Waals surface area contributed by atoms with Gasteiger partial charge in [0.2, 0.25) is 5.91 Å². The minimum absolute atomic E-state index is 0.0806. The van der Waals surface area contributed by atoms with Gasteiger partial charge in [0.1, 0.15) is 0 Å². The third-order valence-corrected chi connectivity index (χ3v) is 2.39. The first kappa shape index (κ1) is 14.0. The lowest BCUT2D eigenvalue weighted by molar-refractivity contribution is -0.137. The van der Waals surface area contributed by atoms with Crippen molar-refractivity contribution >= 4 is 17.6 Å². The zero-order valence-electron chi connectivity index (χ0n) is 9.58. The zero-order chi connectivity index (χ0) is 14.1. The van der Waals surface area contributed by atoms with E-state index in [-0.39, 0.29) is 5.69 Å². The number of carbonyl (C=O) groups excluding carboxylic acids is 1. The Bertz CT molecular complexity index is 497. The molecule has 0 atom stereocenters. The second kappa shape index (κ2) is 4.67. The molecule has 0 spiro atoms. The minimum atomic E-state index is -4.63. The van der Waals surface area contributed by atoms with Crippen LogP contribution in [0.15, 0.2) is 18.2 Å². The molecule has 1 aromatic carbocycles. The van der Waals surface area contributed by atoms with Crippen LogP contribution in [0.5, 0.6) is 0 Å². The van der Waals surface area contributed by atoms with E-state index in [1.165, 1.54) is 14.0 Å². The lowest BCUT2D eigenvalue weighted by Gasteiger charge is -2.18. The second-order valence-electron chi connectivity index (χ2n) is 3.61. The smallest absolute Gasteiger partial charge is 0.416 e. The number of carboxylic acid groups (broad SMARTS) is 1. The number of halogens is 3. The summed E-state index contributed by atoms with van der Waals surface area (Å²) in [4.78, 5) is 23.0. The minimum Gasteiger partial charge on any atom is -0.478 e. The summed E-state index contributed by atoms with van der Waals surface area (Å²) < 4.78 is 37.3. The number of alkyl halides is 3. The van der Waals surface area contributed by atoms with Gasteiger partial charge < -0.3 is 10.0 Å². The van der Waals surface area contributed by atoms with Crippen molar-refractivity contribution in [2.45, 2.75) is 13.1 Å². The number of nitrogens with zero attached hydrogens (tertiary/aromatic N) is 1. The van der Waals surface area contributed by atoms with Crippen molar-refractivity contribution in [2.75, 3.05) is 11.9 Å². The monoisotopic (exact) mass is 261 g/mol. The fraction of sp³-hybridized carbons (Fsp3) is 0.273. The Labute approximate surface area is 101 Å². The number of amides is 1. The van der Waals surface area contributed by atoms with E-state index in [2.05, 4.69) is 0 Å². The Morgan fingerprint density at radius 2 is 1.83 bits per heavy atom. The van der Waals surface area contributed by atoms with E-state index < -0.39 is 29.2 Å². The summed E-state index contributed by atoms with van der Waals surface area (Å²) >= 11 is 0. The van der Waals surface area contributed by atoms with Crippen molar-refractivity contribution in [3.05, 3.63) is 29.3 Å². The van der Waals surface area contributed by atoms with E-state index >= 15 is 0 Å². The van der Waals surface area contributed by atoms with E-state index in [0.717, 1.165) is 17.0 Å². The first-order valence-electron chi connectivity index (χ1n) is 4.83. The fourth-order valence-corrected chi connectivity index (χ4v) is 1.35. The van der Waals surface area contributed by atoms with E-state index in [9.17, 15) is 22.8 Å². The highest BCUT2D eigenvalue weighted by atomic mass is 19.4. The summed E-state index contributed by atoms with van der Waals surface area (Å²) in [6, 6.07) is 2.21. The van der Waals surface area contributed by atoms with Gasteiger partial charge in [-0.2, -0.15) is 13.2 Å². The van der Waals surface area contributed by atoms with Crippen LogP contribution in [-0.4, -0.2) is 24.0 Å². The molecule has 4 nitrogen and oxygen atoms in total. The van der Waals surface area contributed by atoms with Gasteiger partial charge in [0.25, 0.3) is 0 Å². The Hall–Kier alpha value is -2.05. The summed E-state index contributed by atoms with van der Waals surface area (Å²) in [6.07, 6.45) is -4.63. The van der Waals surface area contributed by atoms with Gasteiger partial charge in [0.05, 0.1) is 16.8 Å². The van der Waals surface area contributed by atoms with Gasteiger partial charge in [-0.15, -0.1) is 0 Å². The molecule has 0 bridgehead atoms. The summed E-state index contributed by atoms with van der Waals surface area (Å²) in [5.74, 6) is -2.00. The van der Waals surface area contributed by atoms with Crippen molar-refractivity contribution in [2.24, 2.45) is 0 Å². The molecule has 7 heteroatoms. The Balaban J connectivity index is 3.39. The quantitative estimate of drug-likeness (QED) is 0.889. The van der Waals surface area contributed by atoms with Gasteiger partial charge in [0, 0.05) is 14.0 Å². The molecular weight excluding hydrogens is 251 g/mol. The first-order valence-corrected chi connectivity index (χ1v) is 4.83. The molecule has 0 radical (unpaired) electrons. The molecule has 0 aliphatic heterocycles. The number of anilines is 1. The molecule has 0 saturated heterocycles. The molecule has 1 amide bonds. The molecule has 0 aliphatic carbocycles. The summed E-state index contributed by atoms with van der Waals surface area (Å²) in [6.45, 7) is 1.18. The van der Waals surface area contributed by atoms with Gasteiger partial charge >= 0.3 is 12.1 Å². The second-order valence-corrected chi connectivity index (χ2v) is 3.61. The maximum Gasteiger partial charge on any atom is 0.416 e. The van der Waals surface area contributed by atoms with Gasteiger partial charge in [0.15, 0.2) is 0 Å². The van der Waals surface area contributed by atoms with Gasteiger partial charge in [-0.1, -0.05) is 0 Å². The molecule has 1 aromatic rings. The third-order valence-electron chi connectivity index (χ3n) is 2.39. The molecule has 0 aliphatic rings. The lowest BCUT2D eigenvalue weighted by atomic mass is 10.1. The number of rotatable bonds is 2. The van der Waals surface area contributed by atoms with Crippen LogP contribution in [-0.2, 0) is 11.0 Å². The maximum absolute atomic E-state index is 12.4. The van der Waals surface area contributed by atoms with Crippen LogP contribution < -0.4 is 4.90 Å². The number of benzene rings is 1. The van der Waals surface area contributed by atoms with Crippen LogP contribution in [0.25, 0.3) is 0 Å². The van der Waals surface area contributed by atoms with Crippen LogP contribution in [0.4, 0.5) is 18.9 Å². The molecule has 1 rings (SSSR count). The van der Waals surface area contributed by atoms with Crippen molar-refractivity contribution in [3.63, 3.8) is 0 Å². The van der Waals surface area contributed by atoms with Crippen molar-refractivity contribution in [1.29, 1.82) is 0 Å². The van der Waals surface area contributed by atoms with Gasteiger partial charge in [-0.3, -0.25) is 4.79 Å². The summed E-state index contributed by atoms with van der Waals surface area (Å²) in [5, 5.41) is 8.88. The molecule has 0 unspecified atom stereocenters. The number of aromatic carboxylic acids is 1. The summed E-state index contributed by atoms with van der Waals surface area (Å²) in [7, 11) is 1.29. The van der Waals surface area contributed by atoms with Crippen molar-refractivity contribution < 1.29 is 27.9 Å². The van der Waals surface area contributed by atoms with E-state index in [0.29, 0.717) is 6.07 Å². The van der Waals surface area contributed by atoms with E-state index in [1.807, 2.05) is 0 Å². The highest BCUT2D eigenvalue weighted by Gasteiger charge is 2.32. The molecular formula is C11H10F3NO3. The highest BCUT2D eigenvalue weighted by Crippen LogP contribution is 2.32. The van der Waals surface area contributed by atoms with Gasteiger partial charge in [-0.25, -0.2) is 4.79 Å². The van der Waals surface area contributed by atoms with Crippen LogP contribution >= 0.6 is 0 Å². The molecule has 0 saturated carbocycles. The van der Waals surface area contributed by atoms with Crippen molar-refractivity contribution in [1.82, 2.24) is 0 Å². The average molecular weight is 261 g/mol. The van der Waals surface area contributed by atoms with Gasteiger partial charge in [-0.05, 0) is 18.2 Å². The first-order chi connectivity index (χ1) is 8.14. The molecule has 18 heavy (non-hydrogen) atoms. The number of carbonyl (C=O) groups is 2. The van der Waals surface area contributed by atoms with Crippen LogP contribution in [0, 0.1) is 0 Å². The Morgan fingerprint density at radius 1 is 1.28 bits per heavy atom. The van der Waals surface area contributed by atoms with E-state index in [4.69, 9.17) is 5.11 Å². The zero-order valence-corrected chi connectivity index (χ0v) is 9.58. The molecule has 0 fully saturated rings. The van der Waals surface area contributed by atoms with Crippen LogP contribution in [0.1, 0.15) is 22.8 Å². The standard InChI is InChI=1S/C11H10F3NO3/c1-6(16)15(2)9-4-3-7(11(12,13)14)5-8(9)10(17)18/h3-5H,1-2H3,(H,17,18). The largest absolute Gasteiger partial charge is 0.478 e. The SMILES string of the molecule is CC(=O)N(C)c1ccc(C(F)(F)F)cc1C(=O)O. The lowest BCUT2D eigenvalue weighted by Crippen LogP contribution is -2.25. The van der Waals surface area contributed by atoms with E-state index in [1.54, 1.807) is 0 Å². The number of carboxylic acids is 1.